The minimum Gasteiger partial charge on any atom is -0.482 e. The summed E-state index contributed by atoms with van der Waals surface area (Å²) in [5.74, 6) is -0.0370. The van der Waals surface area contributed by atoms with E-state index < -0.39 is 0 Å². The lowest BCUT2D eigenvalue weighted by atomic mass is 10.1. The number of hydrogen-bond donors (Lipinski definition) is 3. The minimum absolute atomic E-state index is 0.0256. The fourth-order valence-corrected chi connectivity index (χ4v) is 2.12. The van der Waals surface area contributed by atoms with Crippen molar-refractivity contribution in [3.05, 3.63) is 41.7 Å². The lowest BCUT2D eigenvalue weighted by molar-refractivity contribution is -0.118. The number of hydrogen-bond acceptors (Lipinski definition) is 4. The van der Waals surface area contributed by atoms with Crippen LogP contribution < -0.4 is 21.1 Å². The Morgan fingerprint density at radius 1 is 1.29 bits per heavy atom. The van der Waals surface area contributed by atoms with Crippen LogP contribution in [0.2, 0.25) is 0 Å². The Morgan fingerprint density at radius 2 is 2.10 bits per heavy atom. The molecule has 1 amide bonds. The van der Waals surface area contributed by atoms with Crippen LogP contribution in [0, 0.1) is 12.7 Å². The maximum Gasteiger partial charge on any atom is 0.262 e. The van der Waals surface area contributed by atoms with Gasteiger partial charge < -0.3 is 21.1 Å². The number of benzene rings is 2. The van der Waals surface area contributed by atoms with E-state index in [0.29, 0.717) is 28.5 Å². The van der Waals surface area contributed by atoms with E-state index >= 15 is 0 Å². The highest BCUT2D eigenvalue weighted by molar-refractivity contribution is 5.97. The predicted octanol–water partition coefficient (Wildman–Crippen LogP) is 2.79. The molecule has 2 aromatic carbocycles. The largest absolute Gasteiger partial charge is 0.482 e. The van der Waals surface area contributed by atoms with E-state index in [1.807, 2.05) is 6.92 Å². The highest BCUT2D eigenvalue weighted by Crippen LogP contribution is 2.36. The Labute approximate surface area is 120 Å². The minimum atomic E-state index is -0.337. The maximum absolute atomic E-state index is 13.3. The highest BCUT2D eigenvalue weighted by Gasteiger charge is 2.18. The third-order valence-corrected chi connectivity index (χ3v) is 3.25. The van der Waals surface area contributed by atoms with Gasteiger partial charge in [0.1, 0.15) is 11.6 Å². The second-order valence-electron chi connectivity index (χ2n) is 4.86. The lowest BCUT2D eigenvalue weighted by Gasteiger charge is -2.20. The van der Waals surface area contributed by atoms with Gasteiger partial charge in [-0.2, -0.15) is 0 Å². The van der Waals surface area contributed by atoms with Crippen LogP contribution in [-0.2, 0) is 4.79 Å². The van der Waals surface area contributed by atoms with Gasteiger partial charge in [-0.15, -0.1) is 0 Å². The van der Waals surface area contributed by atoms with Gasteiger partial charge in [0.25, 0.3) is 5.91 Å². The quantitative estimate of drug-likeness (QED) is 0.742. The van der Waals surface area contributed by atoms with Gasteiger partial charge in [0, 0.05) is 11.8 Å². The van der Waals surface area contributed by atoms with E-state index in [4.69, 9.17) is 10.5 Å². The molecule has 0 unspecified atom stereocenters. The van der Waals surface area contributed by atoms with Crippen LogP contribution in [0.15, 0.2) is 30.3 Å². The Kier molecular flexibility index (Phi) is 3.13. The Morgan fingerprint density at radius 3 is 2.90 bits per heavy atom. The van der Waals surface area contributed by atoms with E-state index in [1.165, 1.54) is 12.1 Å². The summed E-state index contributed by atoms with van der Waals surface area (Å²) in [7, 11) is 0. The van der Waals surface area contributed by atoms with Crippen molar-refractivity contribution in [2.24, 2.45) is 0 Å². The maximum atomic E-state index is 13.3. The molecule has 0 saturated heterocycles. The first-order chi connectivity index (χ1) is 10.0. The summed E-state index contributed by atoms with van der Waals surface area (Å²) in [6.45, 7) is 1.84. The molecule has 3 rings (SSSR count). The molecule has 0 fully saturated rings. The molecule has 5 nitrogen and oxygen atoms in total. The summed E-state index contributed by atoms with van der Waals surface area (Å²) in [6.07, 6.45) is 0. The van der Waals surface area contributed by atoms with E-state index in [0.717, 1.165) is 5.56 Å². The summed E-state index contributed by atoms with van der Waals surface area (Å²) >= 11 is 0. The van der Waals surface area contributed by atoms with E-state index in [9.17, 15) is 9.18 Å². The van der Waals surface area contributed by atoms with Crippen molar-refractivity contribution in [1.82, 2.24) is 0 Å². The van der Waals surface area contributed by atoms with Crippen LogP contribution >= 0.6 is 0 Å². The SMILES string of the molecule is Cc1ccc(F)cc1Nc1cc2c(cc1N)OCC(=O)N2. The van der Waals surface area contributed by atoms with Gasteiger partial charge in [0.2, 0.25) is 0 Å². The second-order valence-corrected chi connectivity index (χ2v) is 4.86. The van der Waals surface area contributed by atoms with Crippen LogP contribution in [0.4, 0.5) is 27.1 Å². The second kappa shape index (κ2) is 4.97. The third-order valence-electron chi connectivity index (χ3n) is 3.25. The molecule has 0 spiro atoms. The first-order valence-electron chi connectivity index (χ1n) is 6.42. The number of nitrogens with one attached hydrogen (secondary N) is 2. The number of halogens is 1. The van der Waals surface area contributed by atoms with Crippen LogP contribution in [-0.4, -0.2) is 12.5 Å². The average Bonchev–Trinajstić information content (AvgIpc) is 2.44. The average molecular weight is 287 g/mol. The molecule has 0 radical (unpaired) electrons. The molecule has 0 saturated carbocycles. The van der Waals surface area contributed by atoms with Crippen LogP contribution in [0.3, 0.4) is 0 Å². The third kappa shape index (κ3) is 2.60. The van der Waals surface area contributed by atoms with Crippen LogP contribution in [0.5, 0.6) is 5.75 Å². The predicted molar refractivity (Wildman–Crippen MR) is 79.4 cm³/mol. The van der Waals surface area contributed by atoms with Crippen molar-refractivity contribution in [2.75, 3.05) is 23.0 Å². The fourth-order valence-electron chi connectivity index (χ4n) is 2.12. The summed E-state index contributed by atoms with van der Waals surface area (Å²) in [5, 5.41) is 5.78. The summed E-state index contributed by atoms with van der Waals surface area (Å²) in [6, 6.07) is 7.77. The van der Waals surface area contributed by atoms with Crippen molar-refractivity contribution < 1.29 is 13.9 Å². The van der Waals surface area contributed by atoms with E-state index in [-0.39, 0.29) is 18.3 Å². The molecule has 0 aliphatic carbocycles. The lowest BCUT2D eigenvalue weighted by Crippen LogP contribution is -2.25. The monoisotopic (exact) mass is 287 g/mol. The fraction of sp³-hybridized carbons (Fsp3) is 0.133. The first-order valence-corrected chi connectivity index (χ1v) is 6.42. The van der Waals surface area contributed by atoms with Gasteiger partial charge in [-0.3, -0.25) is 4.79 Å². The van der Waals surface area contributed by atoms with Crippen LogP contribution in [0.1, 0.15) is 5.56 Å². The molecule has 1 heterocycles. The summed E-state index contributed by atoms with van der Waals surface area (Å²) in [4.78, 5) is 11.3. The molecular weight excluding hydrogens is 273 g/mol. The number of nitrogen functional groups attached to an aromatic ring is 1. The van der Waals surface area contributed by atoms with Crippen molar-refractivity contribution in [3.63, 3.8) is 0 Å². The first kappa shape index (κ1) is 13.2. The molecule has 2 aromatic rings. The number of anilines is 4. The zero-order valence-electron chi connectivity index (χ0n) is 11.4. The number of ether oxygens (including phenoxy) is 1. The number of nitrogens with two attached hydrogens (primary N) is 1. The van der Waals surface area contributed by atoms with Gasteiger partial charge in [-0.25, -0.2) is 4.39 Å². The number of carbonyl (C=O) groups excluding carboxylic acids is 1. The number of rotatable bonds is 2. The van der Waals surface area contributed by atoms with E-state index in [1.54, 1.807) is 18.2 Å². The number of carbonyl (C=O) groups is 1. The molecule has 4 N–H and O–H groups in total. The molecule has 0 atom stereocenters. The molecule has 6 heteroatoms. The highest BCUT2D eigenvalue weighted by atomic mass is 19.1. The van der Waals surface area contributed by atoms with Crippen molar-refractivity contribution in [1.29, 1.82) is 0 Å². The van der Waals surface area contributed by atoms with Crippen LogP contribution in [0.25, 0.3) is 0 Å². The number of amides is 1. The Hall–Kier alpha value is -2.76. The Bertz CT molecular complexity index is 731. The van der Waals surface area contributed by atoms with Gasteiger partial charge in [0.15, 0.2) is 6.61 Å². The van der Waals surface area contributed by atoms with Crippen molar-refractivity contribution >= 4 is 28.7 Å². The van der Waals surface area contributed by atoms with Crippen molar-refractivity contribution in [2.45, 2.75) is 6.92 Å². The molecule has 0 bridgehead atoms. The summed E-state index contributed by atoms with van der Waals surface area (Å²) < 4.78 is 18.6. The number of fused-ring (bicyclic) bond motifs is 1. The van der Waals surface area contributed by atoms with Gasteiger partial charge in [-0.1, -0.05) is 6.07 Å². The molecular formula is C15H14FN3O2. The zero-order valence-corrected chi connectivity index (χ0v) is 11.4. The van der Waals surface area contributed by atoms with Crippen molar-refractivity contribution in [3.8, 4) is 5.75 Å². The topological polar surface area (TPSA) is 76.4 Å². The van der Waals surface area contributed by atoms with Gasteiger partial charge in [0.05, 0.1) is 17.1 Å². The molecule has 108 valence electrons. The molecule has 21 heavy (non-hydrogen) atoms. The standard InChI is InChI=1S/C15H14FN3O2/c1-8-2-3-9(16)4-11(8)18-12-6-13-14(5-10(12)17)21-7-15(20)19-13/h2-6,18H,7,17H2,1H3,(H,19,20). The molecule has 0 aromatic heterocycles. The summed E-state index contributed by atoms with van der Waals surface area (Å²) in [5.41, 5.74) is 9.03. The smallest absolute Gasteiger partial charge is 0.262 e. The molecule has 1 aliphatic heterocycles. The van der Waals surface area contributed by atoms with Gasteiger partial charge in [-0.05, 0) is 30.7 Å². The van der Waals surface area contributed by atoms with Gasteiger partial charge >= 0.3 is 0 Å². The number of aryl methyl sites for hydroxylation is 1. The zero-order chi connectivity index (χ0) is 15.0. The molecule has 1 aliphatic rings. The normalized spacial score (nSPS) is 13.1. The Balaban J connectivity index is 1.97. The van der Waals surface area contributed by atoms with E-state index in [2.05, 4.69) is 10.6 Å².